The smallest absolute Gasteiger partial charge is 0.119 e. The number of hydrogen-bond donors (Lipinski definition) is 0. The molecule has 5 heterocycles. The third-order valence-electron chi connectivity index (χ3n) is 6.03. The molecule has 9 nitrogen and oxygen atoms in total. The van der Waals surface area contributed by atoms with E-state index in [0.29, 0.717) is 43.7 Å². The molecule has 0 saturated carbocycles. The van der Waals surface area contributed by atoms with Gasteiger partial charge in [-0.1, -0.05) is 18.2 Å². The predicted octanol–water partition coefficient (Wildman–Crippen LogP) is 4.34. The molecular formula is C28H37I2NO8. The van der Waals surface area contributed by atoms with E-state index in [1.165, 1.54) is 5.69 Å². The summed E-state index contributed by atoms with van der Waals surface area (Å²) in [6.07, 6.45) is 1.84. The van der Waals surface area contributed by atoms with Crippen LogP contribution < -0.4 is 14.4 Å². The predicted molar refractivity (Wildman–Crippen MR) is 165 cm³/mol. The van der Waals surface area contributed by atoms with Crippen LogP contribution in [0.25, 0.3) is 0 Å². The first-order chi connectivity index (χ1) is 19.2. The van der Waals surface area contributed by atoms with Crippen LogP contribution in [0.1, 0.15) is 0 Å². The van der Waals surface area contributed by atoms with Crippen molar-refractivity contribution < 1.29 is 37.9 Å². The number of halogens is 2. The Morgan fingerprint density at radius 1 is 0.615 bits per heavy atom. The fourth-order valence-electron chi connectivity index (χ4n) is 3.45. The van der Waals surface area contributed by atoms with Crippen molar-refractivity contribution in [2.45, 2.75) is 30.5 Å². The highest BCUT2D eigenvalue weighted by Crippen LogP contribution is 2.25. The number of anilines is 1. The molecule has 0 bridgehead atoms. The number of ether oxygens (including phenoxy) is 8. The van der Waals surface area contributed by atoms with Gasteiger partial charge in [0.1, 0.15) is 43.0 Å². The molecule has 5 aliphatic rings. The first-order valence-corrected chi connectivity index (χ1v) is 19.4. The van der Waals surface area contributed by atoms with E-state index in [0.717, 1.165) is 64.2 Å². The molecule has 0 N–H and O–H groups in total. The van der Waals surface area contributed by atoms with Gasteiger partial charge in [-0.3, -0.25) is 0 Å². The molecule has 5 unspecified atom stereocenters. The van der Waals surface area contributed by atoms with Crippen LogP contribution in [0, 0.1) is 0 Å². The second-order valence-corrected chi connectivity index (χ2v) is 9.57. The van der Waals surface area contributed by atoms with Gasteiger partial charge in [0, 0.05) is 63.1 Å². The van der Waals surface area contributed by atoms with Crippen molar-refractivity contribution in [3.63, 3.8) is 0 Å². The van der Waals surface area contributed by atoms with E-state index in [4.69, 9.17) is 37.9 Å². The number of hydrogen-bond acceptors (Lipinski definition) is 9. The molecule has 0 radical (unpaired) electrons. The summed E-state index contributed by atoms with van der Waals surface area (Å²) in [7, 11) is 1.68. The lowest BCUT2D eigenvalue weighted by atomic mass is 10.2. The van der Waals surface area contributed by atoms with Gasteiger partial charge in [0.05, 0.1) is 51.8 Å². The third kappa shape index (κ3) is 14.0. The molecule has 5 fully saturated rings. The van der Waals surface area contributed by atoms with Crippen LogP contribution in [0.3, 0.4) is 0 Å². The molecule has 0 amide bonds. The Balaban J connectivity index is 0.000000155. The molecular weight excluding hydrogens is 732 g/mol. The second-order valence-electron chi connectivity index (χ2n) is 9.57. The van der Waals surface area contributed by atoms with Gasteiger partial charge in [0.15, 0.2) is 0 Å². The summed E-state index contributed by atoms with van der Waals surface area (Å²) in [5.74, 6) is 1.82. The maximum absolute atomic E-state index is 5.66. The summed E-state index contributed by atoms with van der Waals surface area (Å²) in [6, 6.07) is 18.0. The van der Waals surface area contributed by atoms with Crippen LogP contribution in [0.2, 0.25) is 0 Å². The minimum atomic E-state index is 0.296. The van der Waals surface area contributed by atoms with E-state index in [1.54, 1.807) is 7.11 Å². The van der Waals surface area contributed by atoms with Crippen molar-refractivity contribution in [1.29, 1.82) is 0 Å². The van der Waals surface area contributed by atoms with Gasteiger partial charge in [0.25, 0.3) is 0 Å². The van der Waals surface area contributed by atoms with E-state index in [9.17, 15) is 0 Å². The monoisotopic (exact) mass is 769 g/mol. The SMILES string of the molecule is COCC1CO1.II.c1cc(N(CC2CO2)CC2CO2)ccc1OCC1CO1.c1ccc(OCC2CO2)cc1. The molecule has 2 aromatic carbocycles. The summed E-state index contributed by atoms with van der Waals surface area (Å²) < 4.78 is 41.4. The summed E-state index contributed by atoms with van der Waals surface area (Å²) >= 11 is 4.24. The fraction of sp³-hybridized carbons (Fsp3) is 0.571. The molecule has 5 saturated heterocycles. The van der Waals surface area contributed by atoms with Crippen molar-refractivity contribution >= 4 is 42.9 Å². The van der Waals surface area contributed by atoms with Crippen LogP contribution >= 0.6 is 37.2 Å². The molecule has 5 aliphatic heterocycles. The van der Waals surface area contributed by atoms with E-state index in [2.05, 4.69) is 54.3 Å². The Morgan fingerprint density at radius 3 is 1.41 bits per heavy atom. The largest absolute Gasteiger partial charge is 0.491 e. The zero-order valence-electron chi connectivity index (χ0n) is 22.1. The Hall–Kier alpha value is -0.940. The number of para-hydroxylation sites is 1. The average molecular weight is 769 g/mol. The van der Waals surface area contributed by atoms with Gasteiger partial charge in [-0.15, -0.1) is 0 Å². The number of rotatable bonds is 13. The van der Waals surface area contributed by atoms with Crippen LogP contribution in [0.15, 0.2) is 54.6 Å². The standard InChI is InChI=1S/C15H19NO4.C9H10O2.C4H8O2.I2/c1-3-12(17-9-15-10-20-15)4-2-11(1)16(5-13-7-18-13)6-14-8-19-14;1-2-4-8(5-3-1)10-6-9-7-11-9;1-5-2-4-3-6-4;1-2/h1-4,13-15H,5-10H2;1-5,9H,6-7H2;4H,2-3H2,1H3;. The van der Waals surface area contributed by atoms with Crippen molar-refractivity contribution in [2.75, 3.05) is 78.0 Å². The maximum Gasteiger partial charge on any atom is 0.119 e. The molecule has 39 heavy (non-hydrogen) atoms. The second kappa shape index (κ2) is 17.1. The minimum Gasteiger partial charge on any atom is -0.491 e. The van der Waals surface area contributed by atoms with Crippen molar-refractivity contribution in [1.82, 2.24) is 0 Å². The first-order valence-electron chi connectivity index (χ1n) is 13.1. The van der Waals surface area contributed by atoms with Gasteiger partial charge in [-0.25, -0.2) is 0 Å². The lowest BCUT2D eigenvalue weighted by molar-refractivity contribution is 0.171. The summed E-state index contributed by atoms with van der Waals surface area (Å²) in [6.45, 7) is 8.31. The topological polar surface area (TPSA) is 93.6 Å². The Morgan fingerprint density at radius 2 is 1.03 bits per heavy atom. The molecule has 11 heteroatoms. The van der Waals surface area contributed by atoms with E-state index < -0.39 is 0 Å². The van der Waals surface area contributed by atoms with Gasteiger partial charge in [-0.2, -0.15) is 0 Å². The molecule has 0 aromatic heterocycles. The number of epoxide rings is 5. The van der Waals surface area contributed by atoms with E-state index >= 15 is 0 Å². The Labute approximate surface area is 254 Å². The van der Waals surface area contributed by atoms with E-state index in [-0.39, 0.29) is 0 Å². The van der Waals surface area contributed by atoms with Gasteiger partial charge in [-0.05, 0) is 36.4 Å². The summed E-state index contributed by atoms with van der Waals surface area (Å²) in [4.78, 5) is 2.34. The Kier molecular flexibility index (Phi) is 13.6. The first kappa shape index (κ1) is 31.0. The highest BCUT2D eigenvalue weighted by Gasteiger charge is 2.31. The van der Waals surface area contributed by atoms with Gasteiger partial charge < -0.3 is 42.8 Å². The quantitative estimate of drug-likeness (QED) is 0.218. The normalized spacial score (nSPS) is 26.2. The highest BCUT2D eigenvalue weighted by atomic mass is 128. The van der Waals surface area contributed by atoms with Gasteiger partial charge in [0.2, 0.25) is 0 Å². The van der Waals surface area contributed by atoms with Gasteiger partial charge >= 0.3 is 0 Å². The van der Waals surface area contributed by atoms with Crippen molar-refractivity contribution in [3.8, 4) is 11.5 Å². The average Bonchev–Trinajstić information content (AvgIpc) is 3.80. The van der Waals surface area contributed by atoms with E-state index in [1.807, 2.05) is 42.5 Å². The van der Waals surface area contributed by atoms with Crippen molar-refractivity contribution in [3.05, 3.63) is 54.6 Å². The molecule has 216 valence electrons. The molecule has 0 aliphatic carbocycles. The zero-order chi connectivity index (χ0) is 27.3. The fourth-order valence-corrected chi connectivity index (χ4v) is 3.45. The van der Waals surface area contributed by atoms with Crippen LogP contribution in [-0.4, -0.2) is 104 Å². The molecule has 0 spiro atoms. The van der Waals surface area contributed by atoms with Crippen LogP contribution in [0.4, 0.5) is 5.69 Å². The lowest BCUT2D eigenvalue weighted by Gasteiger charge is -2.23. The third-order valence-corrected chi connectivity index (χ3v) is 6.03. The summed E-state index contributed by atoms with van der Waals surface area (Å²) in [5.41, 5.74) is 1.20. The number of methoxy groups -OCH3 is 1. The van der Waals surface area contributed by atoms with Crippen molar-refractivity contribution in [2.24, 2.45) is 0 Å². The zero-order valence-corrected chi connectivity index (χ0v) is 26.4. The highest BCUT2D eigenvalue weighted by molar-refractivity contribution is 15.0. The molecule has 2 aromatic rings. The number of nitrogens with zero attached hydrogens (tertiary/aromatic N) is 1. The van der Waals surface area contributed by atoms with Crippen LogP contribution in [0.5, 0.6) is 11.5 Å². The minimum absolute atomic E-state index is 0.296. The molecule has 7 rings (SSSR count). The maximum atomic E-state index is 5.66. The number of benzene rings is 2. The Bertz CT molecular complexity index is 907. The molecule has 5 atom stereocenters. The van der Waals surface area contributed by atoms with Crippen LogP contribution in [-0.2, 0) is 28.4 Å². The lowest BCUT2D eigenvalue weighted by Crippen LogP contribution is -2.31. The summed E-state index contributed by atoms with van der Waals surface area (Å²) in [5, 5.41) is 0.